The van der Waals surface area contributed by atoms with E-state index in [0.717, 1.165) is 22.5 Å². The SMILES string of the molecule is O=C(Nc1nc(-c2ccc(Cl)cc2)c(Cc2ccccc2)[nH]1)c1ccccc1. The van der Waals surface area contributed by atoms with Gasteiger partial charge in [-0.1, -0.05) is 72.3 Å². The molecular formula is C23H18ClN3O. The third-order valence-electron chi connectivity index (χ3n) is 4.39. The first-order chi connectivity index (χ1) is 13.7. The molecule has 4 rings (SSSR count). The lowest BCUT2D eigenvalue weighted by Gasteiger charge is -2.03. The summed E-state index contributed by atoms with van der Waals surface area (Å²) < 4.78 is 0. The second-order valence-corrected chi connectivity index (χ2v) is 6.84. The number of benzene rings is 3. The Hall–Kier alpha value is -3.37. The Morgan fingerprint density at radius 1 is 0.893 bits per heavy atom. The zero-order valence-electron chi connectivity index (χ0n) is 15.0. The zero-order chi connectivity index (χ0) is 19.3. The number of aromatic nitrogens is 2. The molecule has 2 N–H and O–H groups in total. The lowest BCUT2D eigenvalue weighted by molar-refractivity contribution is 0.102. The quantitative estimate of drug-likeness (QED) is 0.470. The Morgan fingerprint density at radius 2 is 1.54 bits per heavy atom. The summed E-state index contributed by atoms with van der Waals surface area (Å²) in [5.74, 6) is 0.216. The minimum atomic E-state index is -0.205. The third-order valence-corrected chi connectivity index (χ3v) is 4.64. The minimum absolute atomic E-state index is 0.205. The van der Waals surface area contributed by atoms with Gasteiger partial charge in [-0.05, 0) is 29.8 Å². The Morgan fingerprint density at radius 3 is 2.21 bits per heavy atom. The van der Waals surface area contributed by atoms with Crippen LogP contribution in [0.15, 0.2) is 84.9 Å². The van der Waals surface area contributed by atoms with Crippen molar-refractivity contribution in [3.63, 3.8) is 0 Å². The number of carbonyl (C=O) groups is 1. The van der Waals surface area contributed by atoms with Crippen molar-refractivity contribution < 1.29 is 4.79 Å². The summed E-state index contributed by atoms with van der Waals surface area (Å²) in [7, 11) is 0. The van der Waals surface area contributed by atoms with Crippen molar-refractivity contribution in [1.29, 1.82) is 0 Å². The van der Waals surface area contributed by atoms with Crippen LogP contribution in [0, 0.1) is 0 Å². The fraction of sp³-hybridized carbons (Fsp3) is 0.0435. The number of carbonyl (C=O) groups excluding carboxylic acids is 1. The number of nitrogens with one attached hydrogen (secondary N) is 2. The van der Waals surface area contributed by atoms with E-state index in [1.165, 1.54) is 0 Å². The van der Waals surface area contributed by atoms with Crippen molar-refractivity contribution in [2.24, 2.45) is 0 Å². The molecule has 1 amide bonds. The number of halogens is 1. The molecule has 5 heteroatoms. The Balaban J connectivity index is 1.67. The second-order valence-electron chi connectivity index (χ2n) is 6.40. The molecule has 0 saturated carbocycles. The first kappa shape index (κ1) is 18.0. The van der Waals surface area contributed by atoms with Crippen molar-refractivity contribution in [3.8, 4) is 11.3 Å². The number of imidazole rings is 1. The van der Waals surface area contributed by atoms with Crippen LogP contribution in [0.2, 0.25) is 5.02 Å². The molecule has 0 fully saturated rings. The van der Waals surface area contributed by atoms with E-state index in [0.29, 0.717) is 23.0 Å². The van der Waals surface area contributed by atoms with E-state index in [4.69, 9.17) is 11.6 Å². The van der Waals surface area contributed by atoms with Crippen molar-refractivity contribution in [2.75, 3.05) is 5.32 Å². The fourth-order valence-corrected chi connectivity index (χ4v) is 3.14. The summed E-state index contributed by atoms with van der Waals surface area (Å²) in [6.45, 7) is 0. The van der Waals surface area contributed by atoms with Crippen molar-refractivity contribution in [2.45, 2.75) is 6.42 Å². The van der Waals surface area contributed by atoms with E-state index in [2.05, 4.69) is 27.4 Å². The van der Waals surface area contributed by atoms with Crippen molar-refractivity contribution in [3.05, 3.63) is 107 Å². The second kappa shape index (κ2) is 8.11. The highest BCUT2D eigenvalue weighted by molar-refractivity contribution is 6.30. The molecule has 1 aromatic heterocycles. The number of aromatic amines is 1. The largest absolute Gasteiger partial charge is 0.327 e. The number of nitrogens with zero attached hydrogens (tertiary/aromatic N) is 1. The van der Waals surface area contributed by atoms with E-state index in [1.54, 1.807) is 12.1 Å². The van der Waals surface area contributed by atoms with Crippen LogP contribution >= 0.6 is 11.6 Å². The summed E-state index contributed by atoms with van der Waals surface area (Å²) in [4.78, 5) is 20.4. The normalized spacial score (nSPS) is 10.6. The van der Waals surface area contributed by atoms with Crippen LogP contribution in [0.3, 0.4) is 0 Å². The molecule has 0 aliphatic rings. The van der Waals surface area contributed by atoms with Gasteiger partial charge in [0, 0.05) is 28.3 Å². The first-order valence-corrected chi connectivity index (χ1v) is 9.32. The Kier molecular flexibility index (Phi) is 5.22. The van der Waals surface area contributed by atoms with Gasteiger partial charge in [-0.2, -0.15) is 0 Å². The van der Waals surface area contributed by atoms with Crippen LogP contribution in [-0.2, 0) is 6.42 Å². The number of hydrogen-bond donors (Lipinski definition) is 2. The molecular weight excluding hydrogens is 370 g/mol. The van der Waals surface area contributed by atoms with Crippen molar-refractivity contribution in [1.82, 2.24) is 9.97 Å². The number of anilines is 1. The van der Waals surface area contributed by atoms with Gasteiger partial charge >= 0.3 is 0 Å². The van der Waals surface area contributed by atoms with Crippen LogP contribution < -0.4 is 5.32 Å². The molecule has 0 spiro atoms. The van der Waals surface area contributed by atoms with Crippen LogP contribution in [0.4, 0.5) is 5.95 Å². The molecule has 0 aliphatic carbocycles. The molecule has 4 aromatic rings. The van der Waals surface area contributed by atoms with Crippen LogP contribution in [0.25, 0.3) is 11.3 Å². The number of hydrogen-bond acceptors (Lipinski definition) is 2. The van der Waals surface area contributed by atoms with E-state index in [9.17, 15) is 4.79 Å². The first-order valence-electron chi connectivity index (χ1n) is 8.94. The lowest BCUT2D eigenvalue weighted by Crippen LogP contribution is -2.12. The lowest BCUT2D eigenvalue weighted by atomic mass is 10.0. The molecule has 0 bridgehead atoms. The minimum Gasteiger partial charge on any atom is -0.327 e. The predicted molar refractivity (Wildman–Crippen MR) is 113 cm³/mol. The molecule has 0 atom stereocenters. The maximum Gasteiger partial charge on any atom is 0.257 e. The van der Waals surface area contributed by atoms with Gasteiger partial charge in [0.2, 0.25) is 5.95 Å². The number of rotatable bonds is 5. The number of amides is 1. The zero-order valence-corrected chi connectivity index (χ0v) is 15.8. The van der Waals surface area contributed by atoms with Gasteiger partial charge in [0.25, 0.3) is 5.91 Å². The number of H-pyrrole nitrogens is 1. The average Bonchev–Trinajstić information content (AvgIpc) is 3.12. The average molecular weight is 388 g/mol. The maximum absolute atomic E-state index is 12.5. The Labute approximate surface area is 168 Å². The van der Waals surface area contributed by atoms with Crippen LogP contribution in [-0.4, -0.2) is 15.9 Å². The fourth-order valence-electron chi connectivity index (χ4n) is 3.01. The van der Waals surface area contributed by atoms with Gasteiger partial charge in [-0.25, -0.2) is 4.98 Å². The standard InChI is InChI=1S/C23H18ClN3O/c24-19-13-11-17(12-14-19)21-20(15-16-7-3-1-4-8-16)25-23(26-21)27-22(28)18-9-5-2-6-10-18/h1-14H,15H2,(H2,25,26,27,28). The Bertz CT molecular complexity index is 1070. The third kappa shape index (κ3) is 4.13. The summed E-state index contributed by atoms with van der Waals surface area (Å²) in [6.07, 6.45) is 0.674. The molecule has 4 nitrogen and oxygen atoms in total. The molecule has 0 unspecified atom stereocenters. The highest BCUT2D eigenvalue weighted by Gasteiger charge is 2.15. The van der Waals surface area contributed by atoms with Gasteiger partial charge in [-0.15, -0.1) is 0 Å². The van der Waals surface area contributed by atoms with Gasteiger partial charge in [-0.3, -0.25) is 10.1 Å². The van der Waals surface area contributed by atoms with Gasteiger partial charge in [0.15, 0.2) is 0 Å². The predicted octanol–water partition coefficient (Wildman–Crippen LogP) is 5.57. The van der Waals surface area contributed by atoms with Gasteiger partial charge < -0.3 is 4.98 Å². The summed E-state index contributed by atoms with van der Waals surface area (Å²) in [6, 6.07) is 26.7. The summed E-state index contributed by atoms with van der Waals surface area (Å²) in [5.41, 5.74) is 4.39. The summed E-state index contributed by atoms with van der Waals surface area (Å²) in [5, 5.41) is 3.52. The van der Waals surface area contributed by atoms with E-state index in [-0.39, 0.29) is 5.91 Å². The molecule has 3 aromatic carbocycles. The molecule has 0 radical (unpaired) electrons. The molecule has 138 valence electrons. The van der Waals surface area contributed by atoms with Gasteiger partial charge in [0.05, 0.1) is 5.69 Å². The monoisotopic (exact) mass is 387 g/mol. The summed E-state index contributed by atoms with van der Waals surface area (Å²) >= 11 is 6.03. The van der Waals surface area contributed by atoms with E-state index < -0.39 is 0 Å². The molecule has 0 aliphatic heterocycles. The van der Waals surface area contributed by atoms with Crippen LogP contribution in [0.5, 0.6) is 0 Å². The highest BCUT2D eigenvalue weighted by atomic mass is 35.5. The smallest absolute Gasteiger partial charge is 0.257 e. The molecule has 1 heterocycles. The van der Waals surface area contributed by atoms with Gasteiger partial charge in [0.1, 0.15) is 0 Å². The maximum atomic E-state index is 12.5. The highest BCUT2D eigenvalue weighted by Crippen LogP contribution is 2.27. The van der Waals surface area contributed by atoms with Crippen LogP contribution in [0.1, 0.15) is 21.6 Å². The van der Waals surface area contributed by atoms with E-state index in [1.807, 2.05) is 60.7 Å². The van der Waals surface area contributed by atoms with E-state index >= 15 is 0 Å². The molecule has 0 saturated heterocycles. The topological polar surface area (TPSA) is 57.8 Å². The van der Waals surface area contributed by atoms with Crippen molar-refractivity contribution >= 4 is 23.5 Å². The molecule has 28 heavy (non-hydrogen) atoms.